The van der Waals surface area contributed by atoms with E-state index in [4.69, 9.17) is 4.89 Å². The normalized spacial score (nSPS) is 13.2. The summed E-state index contributed by atoms with van der Waals surface area (Å²) in [5, 5.41) is 0. The molecule has 0 bridgehead atoms. The van der Waals surface area contributed by atoms with E-state index in [1.54, 1.807) is 0 Å². The molecule has 0 aromatic carbocycles. The van der Waals surface area contributed by atoms with Crippen LogP contribution in [0.15, 0.2) is 0 Å². The van der Waals surface area contributed by atoms with E-state index < -0.39 is 150 Å². The monoisotopic (exact) mass is 1040 g/mol. The van der Waals surface area contributed by atoms with Crippen LogP contribution in [0.4, 0.5) is 0 Å². The Bertz CT molecular complexity index is 1230. The molecule has 290 valence electrons. The molecule has 0 amide bonds. The average molecular weight is 1050 g/mol. The minimum Gasteiger partial charge on any atom is -0.810 e. The summed E-state index contributed by atoms with van der Waals surface area (Å²) in [6.07, 6.45) is -9.12. The van der Waals surface area contributed by atoms with Gasteiger partial charge in [0.1, 0.15) is 20.2 Å². The molecule has 1 atom stereocenters. The summed E-state index contributed by atoms with van der Waals surface area (Å²) in [7, 11) is -36.7. The summed E-state index contributed by atoms with van der Waals surface area (Å²) in [6, 6.07) is 0. The third-order valence-electron chi connectivity index (χ3n) is 5.57. The van der Waals surface area contributed by atoms with Gasteiger partial charge in [0, 0.05) is 77.5 Å². The number of hydrogen-bond donors (Lipinski definition) is 5. The van der Waals surface area contributed by atoms with Crippen LogP contribution in [-0.2, 0) is 32.0 Å². The van der Waals surface area contributed by atoms with Crippen molar-refractivity contribution < 1.29 is 366 Å². The van der Waals surface area contributed by atoms with Gasteiger partial charge in [-0.3, -0.25) is 33.6 Å². The maximum atomic E-state index is 11.5. The summed E-state index contributed by atoms with van der Waals surface area (Å²) in [5.41, 5.74) is 0. The van der Waals surface area contributed by atoms with E-state index in [-0.39, 0.29) is 266 Å². The largest absolute Gasteiger partial charge is 1.00 e. The predicted molar refractivity (Wildman–Crippen MR) is 147 cm³/mol. The minimum atomic E-state index is -5.43. The zero-order chi connectivity index (χ0) is 38.0. The molecule has 0 aliphatic heterocycles. The van der Waals surface area contributed by atoms with Crippen molar-refractivity contribution in [2.45, 2.75) is 0 Å². The second kappa shape index (κ2) is 41.3. The van der Waals surface area contributed by atoms with Crippen molar-refractivity contribution in [3.8, 4) is 0 Å². The van der Waals surface area contributed by atoms with Crippen LogP contribution in [0.25, 0.3) is 0 Å². The molecule has 0 aliphatic rings. The standard InChI is InChI=1S/C15H44N5O21P7.9Na/c21-42(22,23)9-16(1-3-17(10-43(24,25)26)5-7-19(12-45(30,31)32)13-46(33,34)35)2-4-18(11-44(27,28)29)6-8-20(14-47(36,37)38)15-48(39,40)41;;;;;;;;;/h1-15H2,(H2,21,22,23)(H2,24,25,26)(H2,27,28,29)(H2,30,31,32)(H2,33,34,35)(H2,36,37,38)(H2,39,40,41);;;;;;;;;/q;9*+1/p-9. The van der Waals surface area contributed by atoms with Crippen LogP contribution in [0.5, 0.6) is 0 Å². The van der Waals surface area contributed by atoms with Crippen LogP contribution in [0.2, 0.25) is 0 Å². The van der Waals surface area contributed by atoms with Gasteiger partial charge in [-0.2, -0.15) is 0 Å². The first-order valence-electron chi connectivity index (χ1n) is 12.9. The van der Waals surface area contributed by atoms with E-state index in [9.17, 15) is 95.6 Å². The molecule has 26 nitrogen and oxygen atoms in total. The Labute approximate surface area is 530 Å². The Morgan fingerprint density at radius 3 is 0.596 bits per heavy atom. The fourth-order valence-electron chi connectivity index (χ4n) is 4.02. The molecular formula is C15H35N5Na9O21P7. The van der Waals surface area contributed by atoms with Gasteiger partial charge < -0.3 is 91.3 Å². The van der Waals surface area contributed by atoms with Gasteiger partial charge in [-0.1, -0.05) is 30.4 Å². The summed E-state index contributed by atoms with van der Waals surface area (Å²) in [4.78, 5) is 151. The molecule has 42 heteroatoms. The molecule has 0 saturated heterocycles. The molecular weight excluding hydrogens is 1010 g/mol. The van der Waals surface area contributed by atoms with Crippen LogP contribution in [-0.4, -0.2) is 145 Å². The molecule has 5 N–H and O–H groups in total. The molecule has 0 spiro atoms. The first kappa shape index (κ1) is 89.7. The fraction of sp³-hybridized carbons (Fsp3) is 1.00. The summed E-state index contributed by atoms with van der Waals surface area (Å²) < 4.78 is 79.6. The van der Waals surface area contributed by atoms with E-state index >= 15 is 0 Å². The van der Waals surface area contributed by atoms with Gasteiger partial charge in [0.05, 0.1) is 6.29 Å². The topological polar surface area (TPSA) is 444 Å². The van der Waals surface area contributed by atoms with Gasteiger partial charge in [0.25, 0.3) is 0 Å². The summed E-state index contributed by atoms with van der Waals surface area (Å²) >= 11 is 0. The van der Waals surface area contributed by atoms with E-state index in [1.165, 1.54) is 0 Å². The maximum absolute atomic E-state index is 11.5. The van der Waals surface area contributed by atoms with Gasteiger partial charge in [-0.05, 0) is 0 Å². The molecule has 0 fully saturated rings. The van der Waals surface area contributed by atoms with Crippen molar-refractivity contribution in [3.63, 3.8) is 0 Å². The second-order valence-electron chi connectivity index (χ2n) is 10.5. The van der Waals surface area contributed by atoms with Crippen LogP contribution >= 0.6 is 53.2 Å². The zero-order valence-corrected chi connectivity index (χ0v) is 58.0. The van der Waals surface area contributed by atoms with Gasteiger partial charge in [0.15, 0.2) is 0 Å². The van der Waals surface area contributed by atoms with Crippen LogP contribution in [0, 0.1) is 0 Å². The number of hydrogen-bond acceptors (Lipinski definition) is 21. The van der Waals surface area contributed by atoms with E-state index in [0.717, 1.165) is 14.7 Å². The molecule has 0 aromatic rings. The van der Waals surface area contributed by atoms with Crippen molar-refractivity contribution in [3.05, 3.63) is 0 Å². The third kappa shape index (κ3) is 63.8. The number of rotatable bonds is 26. The van der Waals surface area contributed by atoms with Crippen molar-refractivity contribution >= 4 is 53.2 Å². The number of nitrogens with zero attached hydrogens (tertiary/aromatic N) is 5. The molecule has 0 aromatic heterocycles. The van der Waals surface area contributed by atoms with Gasteiger partial charge in [-0.25, -0.2) is 0 Å². The van der Waals surface area contributed by atoms with Crippen LogP contribution in [0.1, 0.15) is 0 Å². The summed E-state index contributed by atoms with van der Waals surface area (Å²) in [5.74, 6) is 0. The van der Waals surface area contributed by atoms with E-state index in [0.29, 0.717) is 9.80 Å². The van der Waals surface area contributed by atoms with Crippen LogP contribution in [0.3, 0.4) is 0 Å². The average Bonchev–Trinajstić information content (AvgIpc) is 2.75. The van der Waals surface area contributed by atoms with Gasteiger partial charge >= 0.3 is 281 Å². The molecule has 57 heavy (non-hydrogen) atoms. The van der Waals surface area contributed by atoms with E-state index in [1.807, 2.05) is 0 Å². The van der Waals surface area contributed by atoms with Crippen molar-refractivity contribution in [2.24, 2.45) is 0 Å². The molecule has 0 radical (unpaired) electrons. The van der Waals surface area contributed by atoms with Crippen molar-refractivity contribution in [2.75, 3.05) is 96.4 Å². The SMILES string of the molecule is O=P([O-])([O-])CN(CCN(CCN(CP(=O)([O-])[O-])CP(=O)([O-])O)CP(=O)([O-])[O-])CCN(CCN(CP(=O)(O)O)CP(=O)(O)O)CP(=O)([O-])[O-].[Na+].[Na+].[Na+].[Na+].[Na+].[Na+].[Na+].[Na+].[Na+]. The minimum absolute atomic E-state index is 0. The molecule has 0 aliphatic carbocycles. The molecule has 0 heterocycles. The van der Waals surface area contributed by atoms with Gasteiger partial charge in [0.2, 0.25) is 0 Å². The Balaban J connectivity index is -0.000000307. The Morgan fingerprint density at radius 1 is 0.281 bits per heavy atom. The van der Waals surface area contributed by atoms with E-state index in [2.05, 4.69) is 0 Å². The zero-order valence-electron chi connectivity index (χ0n) is 33.7. The van der Waals surface area contributed by atoms with Crippen molar-refractivity contribution in [1.82, 2.24) is 24.5 Å². The third-order valence-corrected chi connectivity index (χ3v) is 10.8. The smallest absolute Gasteiger partial charge is 0.810 e. The first-order valence-corrected chi connectivity index (χ1v) is 25.1. The predicted octanol–water partition coefficient (Wildman–Crippen LogP) is -36.2. The molecule has 1 unspecified atom stereocenters. The van der Waals surface area contributed by atoms with Crippen molar-refractivity contribution in [1.29, 1.82) is 0 Å². The van der Waals surface area contributed by atoms with Gasteiger partial charge in [-0.15, -0.1) is 0 Å². The quantitative estimate of drug-likeness (QED) is 0.0397. The first-order chi connectivity index (χ1) is 21.1. The summed E-state index contributed by atoms with van der Waals surface area (Å²) in [6.45, 7) is -5.11. The van der Waals surface area contributed by atoms with Crippen LogP contribution < -0.4 is 310 Å². The maximum Gasteiger partial charge on any atom is 1.00 e. The molecule has 0 saturated carbocycles. The Kier molecular flexibility index (Phi) is 65.0. The fourth-order valence-corrected chi connectivity index (χ4v) is 9.65. The second-order valence-corrected chi connectivity index (χ2v) is 21.3. The Hall–Kier alpha value is 9.85. The molecule has 0 rings (SSSR count). The Morgan fingerprint density at radius 2 is 0.439 bits per heavy atom.